The van der Waals surface area contributed by atoms with E-state index in [0.717, 1.165) is 18.2 Å². The van der Waals surface area contributed by atoms with Gasteiger partial charge in [-0.25, -0.2) is 18.0 Å². The van der Waals surface area contributed by atoms with E-state index in [0.29, 0.717) is 10.6 Å². The molecule has 2 aromatic carbocycles. The molecule has 0 unspecified atom stereocenters. The van der Waals surface area contributed by atoms with Crippen LogP contribution in [0, 0.1) is 17.5 Å². The molecule has 0 spiro atoms. The van der Waals surface area contributed by atoms with Crippen molar-refractivity contribution in [3.63, 3.8) is 0 Å². The highest BCUT2D eigenvalue weighted by atomic mass is 19.1. The zero-order valence-electron chi connectivity index (χ0n) is 14.1. The summed E-state index contributed by atoms with van der Waals surface area (Å²) in [5.74, 6) is -2.99. The fraction of sp³-hybridized carbons (Fsp3) is 0.167. The van der Waals surface area contributed by atoms with Crippen LogP contribution < -0.4 is 16.6 Å². The molecule has 9 heteroatoms. The number of amides is 1. The van der Waals surface area contributed by atoms with E-state index in [-0.39, 0.29) is 16.5 Å². The Morgan fingerprint density at radius 2 is 1.78 bits per heavy atom. The molecule has 27 heavy (non-hydrogen) atoms. The lowest BCUT2D eigenvalue weighted by Gasteiger charge is -2.15. The number of aromatic amines is 1. The van der Waals surface area contributed by atoms with E-state index in [9.17, 15) is 27.6 Å². The van der Waals surface area contributed by atoms with Crippen molar-refractivity contribution >= 4 is 16.8 Å². The lowest BCUT2D eigenvalue weighted by Crippen LogP contribution is -2.41. The van der Waals surface area contributed by atoms with Crippen molar-refractivity contribution in [3.8, 4) is 0 Å². The Labute approximate surface area is 150 Å². The zero-order chi connectivity index (χ0) is 19.7. The molecule has 1 heterocycles. The predicted molar refractivity (Wildman–Crippen MR) is 91.7 cm³/mol. The third kappa shape index (κ3) is 3.76. The molecule has 0 radical (unpaired) electrons. The molecule has 0 fully saturated rings. The van der Waals surface area contributed by atoms with Gasteiger partial charge in [0.05, 0.1) is 16.9 Å². The highest BCUT2D eigenvalue weighted by molar-refractivity contribution is 5.79. The number of carbonyl (C=O) groups excluding carboxylic acids is 1. The van der Waals surface area contributed by atoms with Gasteiger partial charge < -0.3 is 10.3 Å². The molecule has 140 valence electrons. The van der Waals surface area contributed by atoms with E-state index in [4.69, 9.17) is 0 Å². The number of benzene rings is 2. The number of halogens is 3. The minimum Gasteiger partial charge on any atom is -0.348 e. The molecule has 0 saturated heterocycles. The van der Waals surface area contributed by atoms with Gasteiger partial charge in [-0.2, -0.15) is 0 Å². The Kier molecular flexibility index (Phi) is 4.85. The normalized spacial score (nSPS) is 12.1. The van der Waals surface area contributed by atoms with Crippen LogP contribution in [-0.4, -0.2) is 15.5 Å². The molecule has 1 amide bonds. The summed E-state index contributed by atoms with van der Waals surface area (Å²) in [5.41, 5.74) is -1.48. The first kappa shape index (κ1) is 18.4. The minimum absolute atomic E-state index is 0.0478. The molecule has 0 bridgehead atoms. The van der Waals surface area contributed by atoms with Crippen LogP contribution in [0.2, 0.25) is 0 Å². The first-order valence-electron chi connectivity index (χ1n) is 7.93. The molecular formula is C18H14F3N3O3. The number of fused-ring (bicyclic) bond motifs is 1. The molecule has 0 aliphatic heterocycles. The summed E-state index contributed by atoms with van der Waals surface area (Å²) < 4.78 is 40.7. The number of nitrogens with one attached hydrogen (secondary N) is 2. The Balaban J connectivity index is 1.85. The van der Waals surface area contributed by atoms with E-state index in [1.807, 2.05) is 0 Å². The predicted octanol–water partition coefficient (Wildman–Crippen LogP) is 1.98. The second-order valence-electron chi connectivity index (χ2n) is 5.97. The van der Waals surface area contributed by atoms with Gasteiger partial charge in [0.1, 0.15) is 24.0 Å². The van der Waals surface area contributed by atoms with E-state index in [1.54, 1.807) is 0 Å². The smallest absolute Gasteiger partial charge is 0.329 e. The summed E-state index contributed by atoms with van der Waals surface area (Å²) in [6.45, 7) is 0.824. The van der Waals surface area contributed by atoms with Crippen molar-refractivity contribution in [2.45, 2.75) is 19.5 Å². The first-order chi connectivity index (χ1) is 12.8. The maximum absolute atomic E-state index is 13.8. The van der Waals surface area contributed by atoms with Crippen molar-refractivity contribution < 1.29 is 18.0 Å². The molecule has 0 aliphatic rings. The maximum Gasteiger partial charge on any atom is 0.329 e. The summed E-state index contributed by atoms with van der Waals surface area (Å²) in [5, 5.41) is 2.35. The molecule has 3 rings (SSSR count). The van der Waals surface area contributed by atoms with Crippen molar-refractivity contribution in [2.24, 2.45) is 0 Å². The van der Waals surface area contributed by atoms with Crippen molar-refractivity contribution in [3.05, 3.63) is 80.3 Å². The number of hydrogen-bond donors (Lipinski definition) is 2. The van der Waals surface area contributed by atoms with Gasteiger partial charge >= 0.3 is 5.69 Å². The fourth-order valence-electron chi connectivity index (χ4n) is 2.73. The van der Waals surface area contributed by atoms with Crippen LogP contribution >= 0.6 is 0 Å². The monoisotopic (exact) mass is 377 g/mol. The number of nitrogens with zero attached hydrogens (tertiary/aromatic N) is 1. The molecule has 6 nitrogen and oxygen atoms in total. The van der Waals surface area contributed by atoms with E-state index in [1.165, 1.54) is 19.1 Å². The van der Waals surface area contributed by atoms with E-state index < -0.39 is 47.2 Å². The van der Waals surface area contributed by atoms with Crippen LogP contribution in [0.3, 0.4) is 0 Å². The highest BCUT2D eigenvalue weighted by Gasteiger charge is 2.17. The molecule has 2 N–H and O–H groups in total. The zero-order valence-corrected chi connectivity index (χ0v) is 14.1. The summed E-state index contributed by atoms with van der Waals surface area (Å²) in [7, 11) is 0. The topological polar surface area (TPSA) is 84.0 Å². The average Bonchev–Trinajstić information content (AvgIpc) is 2.59. The van der Waals surface area contributed by atoms with Gasteiger partial charge in [0.25, 0.3) is 5.56 Å². The Hall–Kier alpha value is -3.36. The van der Waals surface area contributed by atoms with Crippen molar-refractivity contribution in [2.75, 3.05) is 0 Å². The minimum atomic E-state index is -0.838. The lowest BCUT2D eigenvalue weighted by atomic mass is 10.1. The second kappa shape index (κ2) is 7.10. The highest BCUT2D eigenvalue weighted by Crippen LogP contribution is 2.17. The molecule has 0 saturated carbocycles. The van der Waals surface area contributed by atoms with Gasteiger partial charge in [0.15, 0.2) is 0 Å². The van der Waals surface area contributed by atoms with Gasteiger partial charge in [-0.15, -0.1) is 0 Å². The fourth-order valence-corrected chi connectivity index (χ4v) is 2.73. The molecule has 0 aliphatic carbocycles. The number of H-pyrrole nitrogens is 1. The van der Waals surface area contributed by atoms with Gasteiger partial charge in [0, 0.05) is 11.6 Å². The van der Waals surface area contributed by atoms with Crippen LogP contribution in [0.5, 0.6) is 0 Å². The van der Waals surface area contributed by atoms with Crippen LogP contribution in [-0.2, 0) is 11.3 Å². The van der Waals surface area contributed by atoms with Crippen molar-refractivity contribution in [1.29, 1.82) is 0 Å². The van der Waals surface area contributed by atoms with Crippen molar-refractivity contribution in [1.82, 2.24) is 14.9 Å². The quantitative estimate of drug-likeness (QED) is 0.729. The third-order valence-corrected chi connectivity index (χ3v) is 4.05. The van der Waals surface area contributed by atoms with Crippen LogP contribution in [0.25, 0.3) is 10.9 Å². The molecule has 1 atom stereocenters. The standard InChI is InChI=1S/C18H14F3N3O3/c1-9(12-4-2-11(20)7-14(12)21)22-16(25)8-24-17(26)13-6-10(19)3-5-15(13)23-18(24)27/h2-7,9H,8H2,1H3,(H,22,25)(H,23,27)/t9-/m0/s1. The molecule has 3 aromatic rings. The van der Waals surface area contributed by atoms with Gasteiger partial charge in [-0.3, -0.25) is 14.2 Å². The summed E-state index contributed by atoms with van der Waals surface area (Å²) in [4.78, 5) is 39.0. The Bertz CT molecular complexity index is 1150. The summed E-state index contributed by atoms with van der Waals surface area (Å²) >= 11 is 0. The first-order valence-corrected chi connectivity index (χ1v) is 7.93. The SMILES string of the molecule is C[C@H](NC(=O)Cn1c(=O)[nH]c2ccc(F)cc2c1=O)c1ccc(F)cc1F. The number of carbonyl (C=O) groups is 1. The number of hydrogen-bond acceptors (Lipinski definition) is 3. The largest absolute Gasteiger partial charge is 0.348 e. The van der Waals surface area contributed by atoms with Gasteiger partial charge in [-0.1, -0.05) is 6.07 Å². The second-order valence-corrected chi connectivity index (χ2v) is 5.97. The average molecular weight is 377 g/mol. The summed E-state index contributed by atoms with van der Waals surface area (Å²) in [6.07, 6.45) is 0. The molecular weight excluding hydrogens is 363 g/mol. The van der Waals surface area contributed by atoms with Crippen LogP contribution in [0.4, 0.5) is 13.2 Å². The Morgan fingerprint density at radius 3 is 2.48 bits per heavy atom. The lowest BCUT2D eigenvalue weighted by molar-refractivity contribution is -0.122. The number of rotatable bonds is 4. The van der Waals surface area contributed by atoms with Crippen LogP contribution in [0.1, 0.15) is 18.5 Å². The Morgan fingerprint density at radius 1 is 1.11 bits per heavy atom. The summed E-state index contributed by atoms with van der Waals surface area (Å²) in [6, 6.07) is 5.39. The maximum atomic E-state index is 13.8. The molecule has 1 aromatic heterocycles. The van der Waals surface area contributed by atoms with Gasteiger partial charge in [-0.05, 0) is 31.2 Å². The van der Waals surface area contributed by atoms with E-state index in [2.05, 4.69) is 10.3 Å². The van der Waals surface area contributed by atoms with E-state index >= 15 is 0 Å². The third-order valence-electron chi connectivity index (χ3n) is 4.05. The van der Waals surface area contributed by atoms with Gasteiger partial charge in [0.2, 0.25) is 5.91 Å². The van der Waals surface area contributed by atoms with Crippen LogP contribution in [0.15, 0.2) is 46.0 Å². The number of aromatic nitrogens is 2.